The van der Waals surface area contributed by atoms with Crippen molar-refractivity contribution in [3.63, 3.8) is 0 Å². The topological polar surface area (TPSA) is 32.3 Å². The fourth-order valence-electron chi connectivity index (χ4n) is 2.18. The highest BCUT2D eigenvalue weighted by Gasteiger charge is 2.20. The van der Waals surface area contributed by atoms with E-state index in [0.717, 1.165) is 19.5 Å². The number of amides is 1. The number of hydrogen-bond acceptors (Lipinski definition) is 2. The van der Waals surface area contributed by atoms with E-state index in [4.69, 9.17) is 23.2 Å². The maximum absolute atomic E-state index is 12.2. The first kappa shape index (κ1) is 13.7. The Labute approximate surface area is 117 Å². The van der Waals surface area contributed by atoms with Crippen LogP contribution in [0.5, 0.6) is 0 Å². The molecule has 1 amide bonds. The van der Waals surface area contributed by atoms with Crippen LogP contribution in [0.3, 0.4) is 0 Å². The molecule has 1 atom stereocenters. The van der Waals surface area contributed by atoms with Gasteiger partial charge in [-0.3, -0.25) is 4.79 Å². The fourth-order valence-corrected chi connectivity index (χ4v) is 2.47. The molecule has 1 unspecified atom stereocenters. The number of nitrogens with zero attached hydrogens (tertiary/aromatic N) is 1. The monoisotopic (exact) mass is 286 g/mol. The molecule has 0 saturated carbocycles. The number of likely N-dealkylation sites (N-methyl/N-ethyl adjacent to an activating group) is 1. The zero-order chi connectivity index (χ0) is 13.1. The number of nitrogens with one attached hydrogen (secondary N) is 1. The molecular weight excluding hydrogens is 271 g/mol. The van der Waals surface area contributed by atoms with Crippen molar-refractivity contribution < 1.29 is 4.79 Å². The molecule has 0 aliphatic carbocycles. The van der Waals surface area contributed by atoms with Crippen molar-refractivity contribution in [1.82, 2.24) is 10.2 Å². The van der Waals surface area contributed by atoms with Crippen LogP contribution in [0, 0.1) is 0 Å². The van der Waals surface area contributed by atoms with Gasteiger partial charge in [0, 0.05) is 25.2 Å². The van der Waals surface area contributed by atoms with Gasteiger partial charge in [-0.2, -0.15) is 0 Å². The lowest BCUT2D eigenvalue weighted by Gasteiger charge is -2.21. The van der Waals surface area contributed by atoms with E-state index in [-0.39, 0.29) is 5.91 Å². The van der Waals surface area contributed by atoms with Crippen molar-refractivity contribution in [1.29, 1.82) is 0 Å². The maximum Gasteiger partial charge on any atom is 0.253 e. The molecule has 0 spiro atoms. The van der Waals surface area contributed by atoms with Crippen molar-refractivity contribution in [3.8, 4) is 0 Å². The van der Waals surface area contributed by atoms with Crippen molar-refractivity contribution >= 4 is 29.1 Å². The number of carbonyl (C=O) groups excluding carboxylic acids is 1. The Morgan fingerprint density at radius 2 is 2.22 bits per heavy atom. The van der Waals surface area contributed by atoms with Gasteiger partial charge in [0.1, 0.15) is 0 Å². The summed E-state index contributed by atoms with van der Waals surface area (Å²) in [5.74, 6) is -0.0257. The molecule has 18 heavy (non-hydrogen) atoms. The van der Waals surface area contributed by atoms with E-state index < -0.39 is 0 Å². The largest absolute Gasteiger partial charge is 0.340 e. The SMILES string of the molecule is CN(CC1CCCN1)C(=O)c1ccc(Cl)c(Cl)c1. The summed E-state index contributed by atoms with van der Waals surface area (Å²) in [6.45, 7) is 1.76. The van der Waals surface area contributed by atoms with Gasteiger partial charge >= 0.3 is 0 Å². The van der Waals surface area contributed by atoms with Crippen LogP contribution in [-0.2, 0) is 0 Å². The molecule has 1 heterocycles. The number of rotatable bonds is 3. The van der Waals surface area contributed by atoms with Crippen molar-refractivity contribution in [3.05, 3.63) is 33.8 Å². The van der Waals surface area contributed by atoms with Gasteiger partial charge in [-0.15, -0.1) is 0 Å². The average Bonchev–Trinajstić information content (AvgIpc) is 2.84. The lowest BCUT2D eigenvalue weighted by atomic mass is 10.1. The van der Waals surface area contributed by atoms with Crippen molar-refractivity contribution in [2.45, 2.75) is 18.9 Å². The van der Waals surface area contributed by atoms with E-state index in [2.05, 4.69) is 5.32 Å². The number of carbonyl (C=O) groups is 1. The Bertz CT molecular complexity index is 445. The summed E-state index contributed by atoms with van der Waals surface area (Å²) in [6.07, 6.45) is 2.30. The standard InChI is InChI=1S/C13H16Cl2N2O/c1-17(8-10-3-2-6-16-10)13(18)9-4-5-11(14)12(15)7-9/h4-5,7,10,16H,2-3,6,8H2,1H3. The van der Waals surface area contributed by atoms with Crippen LogP contribution in [0.4, 0.5) is 0 Å². The molecule has 1 aromatic rings. The zero-order valence-electron chi connectivity index (χ0n) is 10.2. The Morgan fingerprint density at radius 3 is 2.83 bits per heavy atom. The molecule has 3 nitrogen and oxygen atoms in total. The van der Waals surface area contributed by atoms with Crippen molar-refractivity contribution in [2.24, 2.45) is 0 Å². The van der Waals surface area contributed by atoms with Gasteiger partial charge in [-0.1, -0.05) is 23.2 Å². The van der Waals surface area contributed by atoms with Gasteiger partial charge < -0.3 is 10.2 Å². The van der Waals surface area contributed by atoms with Gasteiger partial charge in [-0.05, 0) is 37.6 Å². The Balaban J connectivity index is 2.02. The number of hydrogen-bond donors (Lipinski definition) is 1. The van der Waals surface area contributed by atoms with Crippen molar-refractivity contribution in [2.75, 3.05) is 20.1 Å². The van der Waals surface area contributed by atoms with Crippen LogP contribution in [-0.4, -0.2) is 37.0 Å². The smallest absolute Gasteiger partial charge is 0.253 e. The van der Waals surface area contributed by atoms with Crippen LogP contribution >= 0.6 is 23.2 Å². The molecule has 1 N–H and O–H groups in total. The molecular formula is C13H16Cl2N2O. The summed E-state index contributed by atoms with van der Waals surface area (Å²) in [7, 11) is 1.81. The minimum Gasteiger partial charge on any atom is -0.340 e. The van der Waals surface area contributed by atoms with Gasteiger partial charge in [0.15, 0.2) is 0 Å². The Morgan fingerprint density at radius 1 is 1.44 bits per heavy atom. The molecule has 1 aliphatic rings. The third-order valence-corrected chi connectivity index (χ3v) is 3.91. The molecule has 1 aliphatic heterocycles. The second kappa shape index (κ2) is 5.91. The summed E-state index contributed by atoms with van der Waals surface area (Å²) in [5, 5.41) is 4.25. The van der Waals surface area contributed by atoms with Crippen LogP contribution < -0.4 is 5.32 Å². The molecule has 0 aromatic heterocycles. The minimum absolute atomic E-state index is 0.0257. The summed E-state index contributed by atoms with van der Waals surface area (Å²) >= 11 is 11.8. The highest BCUT2D eigenvalue weighted by molar-refractivity contribution is 6.42. The first-order valence-electron chi connectivity index (χ1n) is 6.02. The van der Waals surface area contributed by atoms with E-state index in [1.165, 1.54) is 6.42 Å². The van der Waals surface area contributed by atoms with E-state index >= 15 is 0 Å². The molecule has 1 saturated heterocycles. The predicted molar refractivity (Wildman–Crippen MR) is 74.4 cm³/mol. The van der Waals surface area contributed by atoms with E-state index in [9.17, 15) is 4.79 Å². The summed E-state index contributed by atoms with van der Waals surface area (Å²) in [4.78, 5) is 13.9. The Kier molecular flexibility index (Phi) is 4.49. The molecule has 98 valence electrons. The van der Waals surface area contributed by atoms with Crippen LogP contribution in [0.15, 0.2) is 18.2 Å². The third-order valence-electron chi connectivity index (χ3n) is 3.17. The third kappa shape index (κ3) is 3.16. The Hall–Kier alpha value is -0.770. The zero-order valence-corrected chi connectivity index (χ0v) is 11.8. The van der Waals surface area contributed by atoms with E-state index in [0.29, 0.717) is 21.7 Å². The van der Waals surface area contributed by atoms with Gasteiger partial charge in [-0.25, -0.2) is 0 Å². The fraction of sp³-hybridized carbons (Fsp3) is 0.462. The summed E-state index contributed by atoms with van der Waals surface area (Å²) in [6, 6.07) is 5.38. The summed E-state index contributed by atoms with van der Waals surface area (Å²) < 4.78 is 0. The molecule has 5 heteroatoms. The molecule has 2 rings (SSSR count). The highest BCUT2D eigenvalue weighted by atomic mass is 35.5. The average molecular weight is 287 g/mol. The lowest BCUT2D eigenvalue weighted by Crippen LogP contribution is -2.38. The van der Waals surface area contributed by atoms with Gasteiger partial charge in [0.25, 0.3) is 5.91 Å². The molecule has 1 aromatic carbocycles. The van der Waals surface area contributed by atoms with E-state index in [1.54, 1.807) is 23.1 Å². The highest BCUT2D eigenvalue weighted by Crippen LogP contribution is 2.23. The lowest BCUT2D eigenvalue weighted by molar-refractivity contribution is 0.0784. The molecule has 1 fully saturated rings. The molecule has 0 bridgehead atoms. The number of benzene rings is 1. The van der Waals surface area contributed by atoms with Gasteiger partial charge in [0.05, 0.1) is 10.0 Å². The first-order valence-corrected chi connectivity index (χ1v) is 6.77. The normalized spacial score (nSPS) is 18.9. The maximum atomic E-state index is 12.2. The first-order chi connectivity index (χ1) is 8.58. The summed E-state index contributed by atoms with van der Waals surface area (Å²) in [5.41, 5.74) is 0.574. The predicted octanol–water partition coefficient (Wildman–Crippen LogP) is 2.82. The quantitative estimate of drug-likeness (QED) is 0.927. The van der Waals surface area contributed by atoms with Crippen LogP contribution in [0.25, 0.3) is 0 Å². The van der Waals surface area contributed by atoms with Crippen LogP contribution in [0.2, 0.25) is 10.0 Å². The number of halogens is 2. The van der Waals surface area contributed by atoms with E-state index in [1.807, 2.05) is 7.05 Å². The van der Waals surface area contributed by atoms with Crippen LogP contribution in [0.1, 0.15) is 23.2 Å². The second-order valence-electron chi connectivity index (χ2n) is 4.61. The second-order valence-corrected chi connectivity index (χ2v) is 5.42. The molecule has 0 radical (unpaired) electrons. The minimum atomic E-state index is -0.0257. The van der Waals surface area contributed by atoms with Gasteiger partial charge in [0.2, 0.25) is 0 Å².